The van der Waals surface area contributed by atoms with Gasteiger partial charge < -0.3 is 11.1 Å². The average Bonchev–Trinajstić information content (AvgIpc) is 3.30. The second kappa shape index (κ2) is 16.7. The molecule has 0 saturated heterocycles. The lowest BCUT2D eigenvalue weighted by atomic mass is 10.2. The lowest BCUT2D eigenvalue weighted by Crippen LogP contribution is -2.15. The van der Waals surface area contributed by atoms with Crippen LogP contribution in [0.5, 0.6) is 0 Å². The van der Waals surface area contributed by atoms with E-state index in [9.17, 15) is 18.4 Å². The van der Waals surface area contributed by atoms with E-state index in [-0.39, 0.29) is 11.1 Å². The third-order valence-corrected chi connectivity index (χ3v) is 6.87. The summed E-state index contributed by atoms with van der Waals surface area (Å²) in [5.74, 6) is -1.80. The Hall–Kier alpha value is -2.30. The van der Waals surface area contributed by atoms with Crippen LogP contribution in [0.2, 0.25) is 0 Å². The first kappa shape index (κ1) is 34.7. The summed E-state index contributed by atoms with van der Waals surface area (Å²) >= 11 is 14.0. The van der Waals surface area contributed by atoms with Gasteiger partial charge in [0.1, 0.15) is 11.1 Å². The number of aromatic nitrogens is 4. The van der Waals surface area contributed by atoms with Crippen LogP contribution in [0.4, 0.5) is 20.2 Å². The zero-order chi connectivity index (χ0) is 29.9. The van der Waals surface area contributed by atoms with Crippen molar-refractivity contribution < 1.29 is 18.4 Å². The number of benzene rings is 2. The predicted octanol–water partition coefficient (Wildman–Crippen LogP) is 6.70. The van der Waals surface area contributed by atoms with Crippen molar-refractivity contribution in [1.29, 1.82) is 0 Å². The number of anilines is 2. The topological polar surface area (TPSA) is 108 Å². The molecular formula is C25H26Cl2F2I2N6O2. The first-order valence-electron chi connectivity index (χ1n) is 10.9. The van der Waals surface area contributed by atoms with Gasteiger partial charge in [-0.1, -0.05) is 24.3 Å². The Morgan fingerprint density at radius 1 is 0.846 bits per heavy atom. The fourth-order valence-electron chi connectivity index (χ4n) is 2.96. The molecule has 0 aliphatic carbocycles. The number of amides is 1. The quantitative estimate of drug-likeness (QED) is 0.104. The van der Waals surface area contributed by atoms with Gasteiger partial charge in [-0.2, -0.15) is 19.0 Å². The second-order valence-electron chi connectivity index (χ2n) is 7.48. The van der Waals surface area contributed by atoms with E-state index in [1.165, 1.54) is 27.4 Å². The summed E-state index contributed by atoms with van der Waals surface area (Å²) in [7, 11) is 2.87. The van der Waals surface area contributed by atoms with Crippen molar-refractivity contribution in [3.05, 3.63) is 90.1 Å². The summed E-state index contributed by atoms with van der Waals surface area (Å²) in [6.45, 7) is 3.13. The van der Waals surface area contributed by atoms with Crippen LogP contribution in [-0.4, -0.2) is 37.1 Å². The van der Waals surface area contributed by atoms with Crippen molar-refractivity contribution >= 4 is 90.9 Å². The van der Waals surface area contributed by atoms with E-state index in [4.69, 9.17) is 17.3 Å². The number of halogens is 6. The van der Waals surface area contributed by atoms with Crippen LogP contribution in [0.3, 0.4) is 0 Å². The highest BCUT2D eigenvalue weighted by Crippen LogP contribution is 2.20. The normalized spacial score (nSPS) is 9.72. The van der Waals surface area contributed by atoms with E-state index in [0.717, 1.165) is 22.2 Å². The molecule has 4 rings (SSSR count). The molecule has 4 aromatic rings. The molecule has 0 atom stereocenters. The number of nitrogens with zero attached hydrogens (tertiary/aromatic N) is 4. The summed E-state index contributed by atoms with van der Waals surface area (Å²) in [6.07, 6.45) is 1.47. The Labute approximate surface area is 262 Å². The lowest BCUT2D eigenvalue weighted by molar-refractivity contribution is 0.102. The maximum atomic E-state index is 13.7. The van der Waals surface area contributed by atoms with Crippen molar-refractivity contribution in [2.45, 2.75) is 13.8 Å². The molecule has 14 heteroatoms. The highest BCUT2D eigenvalue weighted by molar-refractivity contribution is 14.1. The number of nitrogen functional groups attached to an aromatic ring is 1. The molecule has 0 aliphatic rings. The van der Waals surface area contributed by atoms with Crippen LogP contribution >= 0.6 is 68.4 Å². The molecule has 1 amide bonds. The first-order valence-corrected chi connectivity index (χ1v) is 14.2. The molecule has 0 unspecified atom stereocenters. The summed E-state index contributed by atoms with van der Waals surface area (Å²) in [4.78, 5) is 22.6. The Morgan fingerprint density at radius 3 is 1.62 bits per heavy atom. The maximum absolute atomic E-state index is 13.7. The van der Waals surface area contributed by atoms with Crippen molar-refractivity contribution in [2.75, 3.05) is 17.4 Å². The van der Waals surface area contributed by atoms with E-state index in [0.29, 0.717) is 17.1 Å². The lowest BCUT2D eigenvalue weighted by Gasteiger charge is -2.06. The molecule has 2 aromatic heterocycles. The average molecular weight is 805 g/mol. The zero-order valence-electron chi connectivity index (χ0n) is 21.6. The molecule has 8 nitrogen and oxygen atoms in total. The number of aryl methyl sites for hydroxylation is 4. The van der Waals surface area contributed by atoms with Gasteiger partial charge >= 0.3 is 0 Å². The van der Waals surface area contributed by atoms with Crippen LogP contribution in [0.1, 0.15) is 32.1 Å². The number of alkyl halides is 1. The molecular weight excluding hydrogens is 779 g/mol. The van der Waals surface area contributed by atoms with Gasteiger partial charge in [-0.15, -0.1) is 11.6 Å². The minimum absolute atomic E-state index is 0.0165. The van der Waals surface area contributed by atoms with Crippen molar-refractivity contribution in [2.24, 2.45) is 14.1 Å². The largest absolute Gasteiger partial charge is 0.398 e. The van der Waals surface area contributed by atoms with Gasteiger partial charge in [-0.3, -0.25) is 9.59 Å². The minimum atomic E-state index is -0.812. The van der Waals surface area contributed by atoms with Crippen LogP contribution in [-0.2, 0) is 14.1 Å². The molecule has 3 N–H and O–H groups in total. The van der Waals surface area contributed by atoms with Gasteiger partial charge in [0.05, 0.1) is 17.1 Å². The van der Waals surface area contributed by atoms with Crippen molar-refractivity contribution in [1.82, 2.24) is 19.6 Å². The van der Waals surface area contributed by atoms with E-state index < -0.39 is 23.0 Å². The Balaban J connectivity index is 0.000000309. The molecule has 0 fully saturated rings. The Morgan fingerprint density at radius 2 is 1.28 bits per heavy atom. The molecule has 2 aromatic carbocycles. The van der Waals surface area contributed by atoms with Gasteiger partial charge in [0.2, 0.25) is 11.9 Å². The number of nitrogens with one attached hydrogen (secondary N) is 1. The van der Waals surface area contributed by atoms with Gasteiger partial charge in [-0.05, 0) is 94.9 Å². The number of carbonyl (C=O) groups is 2. The SMILES string of the molecule is CCl.Cc1nn(C)c(F)c1C(=O)Cl.Cc1nn(C)c(F)c1C(=O)Nc1ccccc1I.Nc1ccccc1I. The molecule has 2 heterocycles. The van der Waals surface area contributed by atoms with Gasteiger partial charge in [-0.25, -0.2) is 9.36 Å². The number of rotatable bonds is 3. The van der Waals surface area contributed by atoms with Gasteiger partial charge in [0, 0.05) is 33.3 Å². The summed E-state index contributed by atoms with van der Waals surface area (Å²) in [6, 6.07) is 15.1. The molecule has 0 saturated carbocycles. The number of carbonyl (C=O) groups excluding carboxylic acids is 2. The zero-order valence-corrected chi connectivity index (χ0v) is 27.4. The molecule has 0 aliphatic heterocycles. The predicted molar refractivity (Wildman–Crippen MR) is 168 cm³/mol. The highest BCUT2D eigenvalue weighted by atomic mass is 127. The van der Waals surface area contributed by atoms with E-state index in [2.05, 4.69) is 72.3 Å². The molecule has 39 heavy (non-hydrogen) atoms. The number of hydrogen-bond acceptors (Lipinski definition) is 5. The third-order valence-electron chi connectivity index (χ3n) is 4.76. The van der Waals surface area contributed by atoms with E-state index >= 15 is 0 Å². The van der Waals surface area contributed by atoms with E-state index in [1.807, 2.05) is 42.5 Å². The van der Waals surface area contributed by atoms with Crippen molar-refractivity contribution in [3.8, 4) is 0 Å². The molecule has 0 bridgehead atoms. The summed E-state index contributed by atoms with van der Waals surface area (Å²) in [5.41, 5.74) is 7.55. The van der Waals surface area contributed by atoms with Gasteiger partial charge in [0.25, 0.3) is 11.1 Å². The van der Waals surface area contributed by atoms with Crippen LogP contribution in [0.25, 0.3) is 0 Å². The number of para-hydroxylation sites is 2. The Bertz CT molecular complexity index is 1410. The van der Waals surface area contributed by atoms with Gasteiger partial charge in [0.15, 0.2) is 0 Å². The number of nitrogens with two attached hydrogens (primary N) is 1. The maximum Gasteiger partial charge on any atom is 0.262 e. The standard InChI is InChI=1S/C12H11FIN3O.C6H6ClFN2O.C6H6IN.CH3Cl/c1-7-10(11(13)17(2)16-7)12(18)15-9-6-4-3-5-8(9)14;1-3-4(5(7)11)6(8)10(2)9-3;7-5-3-1-2-4-6(5)8;1-2/h3-6H,1-2H3,(H,15,18);1-2H3;1-4H,8H2;1H3. The van der Waals surface area contributed by atoms with Crippen molar-refractivity contribution in [3.63, 3.8) is 0 Å². The van der Waals surface area contributed by atoms with E-state index in [1.54, 1.807) is 13.0 Å². The van der Waals surface area contributed by atoms with Crippen LogP contribution in [0.15, 0.2) is 48.5 Å². The van der Waals surface area contributed by atoms with Crippen LogP contribution in [0, 0.1) is 32.9 Å². The third kappa shape index (κ3) is 9.99. The molecule has 210 valence electrons. The van der Waals surface area contributed by atoms with Crippen LogP contribution < -0.4 is 11.1 Å². The highest BCUT2D eigenvalue weighted by Gasteiger charge is 2.21. The summed E-state index contributed by atoms with van der Waals surface area (Å²) < 4.78 is 30.6. The minimum Gasteiger partial charge on any atom is -0.398 e. The monoisotopic (exact) mass is 804 g/mol. The summed E-state index contributed by atoms with van der Waals surface area (Å²) in [5, 5.41) is 9.41. The fraction of sp³-hybridized carbons (Fsp3) is 0.200. The molecule has 0 spiro atoms. The smallest absolute Gasteiger partial charge is 0.262 e. The number of hydrogen-bond donors (Lipinski definition) is 2. The molecule has 0 radical (unpaired) electrons. The second-order valence-corrected chi connectivity index (χ2v) is 10.1. The fourth-order valence-corrected chi connectivity index (χ4v) is 4.09. The Kier molecular flexibility index (Phi) is 14.9. The first-order chi connectivity index (χ1) is 18.3.